The molecule has 4 aromatic rings. The number of carbonyl (C=O) groups excluding carboxylic acids is 2. The lowest BCUT2D eigenvalue weighted by Crippen LogP contribution is -2.48. The molecule has 0 radical (unpaired) electrons. The Morgan fingerprint density at radius 3 is 2.75 bits per heavy atom. The molecule has 0 saturated carbocycles. The van der Waals surface area contributed by atoms with Gasteiger partial charge in [-0.1, -0.05) is 41.9 Å². The molecule has 8 nitrogen and oxygen atoms in total. The van der Waals surface area contributed by atoms with E-state index in [4.69, 9.17) is 16.3 Å². The maximum absolute atomic E-state index is 13.1. The number of alkyl carbamates (subject to hydrolysis) is 1. The number of benzene rings is 2. The number of nitrogens with one attached hydrogen (secondary N) is 3. The molecule has 0 saturated heterocycles. The van der Waals surface area contributed by atoms with Crippen molar-refractivity contribution in [2.24, 2.45) is 5.10 Å². The number of para-hydroxylation sites is 1. The Balaban J connectivity index is 1.52. The number of halogens is 1. The van der Waals surface area contributed by atoms with Gasteiger partial charge in [-0.05, 0) is 57.0 Å². The van der Waals surface area contributed by atoms with Crippen LogP contribution in [0.25, 0.3) is 21.8 Å². The molecule has 2 heterocycles. The number of aromatic amines is 1. The third-order valence-electron chi connectivity index (χ3n) is 5.44. The van der Waals surface area contributed by atoms with Crippen LogP contribution >= 0.6 is 11.6 Å². The van der Waals surface area contributed by atoms with Crippen molar-refractivity contribution in [3.63, 3.8) is 0 Å². The summed E-state index contributed by atoms with van der Waals surface area (Å²) in [5.74, 6) is -0.497. The van der Waals surface area contributed by atoms with E-state index in [1.807, 2.05) is 61.7 Å². The highest BCUT2D eigenvalue weighted by molar-refractivity contribution is 6.32. The largest absolute Gasteiger partial charge is 0.444 e. The molecule has 3 N–H and O–H groups in total. The first kappa shape index (κ1) is 25.2. The first-order valence-corrected chi connectivity index (χ1v) is 11.9. The highest BCUT2D eigenvalue weighted by atomic mass is 35.5. The van der Waals surface area contributed by atoms with Gasteiger partial charge < -0.3 is 15.0 Å². The Labute approximate surface area is 214 Å². The lowest BCUT2D eigenvalue weighted by atomic mass is 10.0. The van der Waals surface area contributed by atoms with Gasteiger partial charge in [-0.25, -0.2) is 15.2 Å². The zero-order valence-electron chi connectivity index (χ0n) is 20.6. The minimum absolute atomic E-state index is 0.238. The van der Waals surface area contributed by atoms with E-state index < -0.39 is 23.6 Å². The van der Waals surface area contributed by atoms with Gasteiger partial charge in [-0.2, -0.15) is 5.10 Å². The number of rotatable bonds is 6. The van der Waals surface area contributed by atoms with Crippen molar-refractivity contribution >= 4 is 51.6 Å². The first-order chi connectivity index (χ1) is 17.1. The molecule has 9 heteroatoms. The minimum Gasteiger partial charge on any atom is -0.444 e. The van der Waals surface area contributed by atoms with E-state index in [9.17, 15) is 9.59 Å². The Morgan fingerprint density at radius 1 is 1.19 bits per heavy atom. The van der Waals surface area contributed by atoms with Crippen molar-refractivity contribution in [2.75, 3.05) is 0 Å². The average molecular weight is 506 g/mol. The zero-order chi connectivity index (χ0) is 25.9. The topological polar surface area (TPSA) is 108 Å². The second kappa shape index (κ2) is 10.4. The van der Waals surface area contributed by atoms with Crippen molar-refractivity contribution in [3.05, 3.63) is 76.6 Å². The number of pyridine rings is 1. The lowest BCUT2D eigenvalue weighted by molar-refractivity contribution is -0.123. The van der Waals surface area contributed by atoms with Crippen molar-refractivity contribution in [3.8, 4) is 0 Å². The van der Waals surface area contributed by atoms with Gasteiger partial charge in [0.2, 0.25) is 0 Å². The van der Waals surface area contributed by atoms with Gasteiger partial charge in [0.05, 0.1) is 11.7 Å². The summed E-state index contributed by atoms with van der Waals surface area (Å²) in [6.07, 6.45) is 2.81. The van der Waals surface area contributed by atoms with Crippen molar-refractivity contribution < 1.29 is 14.3 Å². The fourth-order valence-electron chi connectivity index (χ4n) is 3.78. The number of nitrogens with zero attached hydrogens (tertiary/aromatic N) is 2. The van der Waals surface area contributed by atoms with Gasteiger partial charge in [-0.3, -0.25) is 4.79 Å². The van der Waals surface area contributed by atoms with E-state index in [0.29, 0.717) is 5.56 Å². The van der Waals surface area contributed by atoms with Crippen molar-refractivity contribution in [2.45, 2.75) is 45.8 Å². The molecule has 1 atom stereocenters. The lowest BCUT2D eigenvalue weighted by Gasteiger charge is -2.22. The van der Waals surface area contributed by atoms with Gasteiger partial charge in [0.15, 0.2) is 0 Å². The number of hydrogen-bond donors (Lipinski definition) is 3. The zero-order valence-corrected chi connectivity index (χ0v) is 21.3. The normalized spacial score (nSPS) is 12.7. The number of carbonyl (C=O) groups is 2. The summed E-state index contributed by atoms with van der Waals surface area (Å²) in [5, 5.41) is 8.88. The Bertz CT molecular complexity index is 1460. The number of fused-ring (bicyclic) bond motifs is 2. The SMILES string of the molecule is Cc1ccc2cc(/C=N\NC(=O)[C@@H](Cc3c[nH]c4ccccc34)NC(=O)OC(C)(C)C)c(Cl)nc2c1. The molecule has 36 heavy (non-hydrogen) atoms. The maximum atomic E-state index is 13.1. The molecular weight excluding hydrogens is 478 g/mol. The molecule has 2 aromatic heterocycles. The third kappa shape index (κ3) is 6.20. The molecule has 4 rings (SSSR count). The number of hydrazone groups is 1. The van der Waals surface area contributed by atoms with E-state index in [-0.39, 0.29) is 11.6 Å². The molecule has 0 aliphatic heterocycles. The second-order valence-corrected chi connectivity index (χ2v) is 9.92. The number of hydrogen-bond acceptors (Lipinski definition) is 5. The van der Waals surface area contributed by atoms with Crippen LogP contribution in [-0.4, -0.2) is 39.8 Å². The van der Waals surface area contributed by atoms with Crippen LogP contribution in [0, 0.1) is 6.92 Å². The van der Waals surface area contributed by atoms with E-state index in [1.165, 1.54) is 6.21 Å². The van der Waals surface area contributed by atoms with Gasteiger partial charge in [0.1, 0.15) is 16.8 Å². The van der Waals surface area contributed by atoms with Crippen LogP contribution in [0.3, 0.4) is 0 Å². The third-order valence-corrected chi connectivity index (χ3v) is 5.74. The Hall–Kier alpha value is -3.91. The quantitative estimate of drug-likeness (QED) is 0.188. The molecule has 0 fully saturated rings. The Morgan fingerprint density at radius 2 is 1.97 bits per heavy atom. The number of amides is 2. The van der Waals surface area contributed by atoms with Gasteiger partial charge in [0, 0.05) is 34.5 Å². The molecule has 0 aliphatic carbocycles. The fraction of sp³-hybridized carbons (Fsp3) is 0.259. The molecule has 0 aliphatic rings. The van der Waals surface area contributed by atoms with Crippen LogP contribution in [0.5, 0.6) is 0 Å². The predicted molar refractivity (Wildman–Crippen MR) is 142 cm³/mol. The number of H-pyrrole nitrogens is 1. The summed E-state index contributed by atoms with van der Waals surface area (Å²) in [7, 11) is 0. The standard InChI is InChI=1S/C27H28ClN5O3/c1-16-9-10-17-12-19(24(28)31-22(17)11-16)15-30-33-25(34)23(32-26(35)36-27(2,3)4)13-18-14-29-21-8-6-5-7-20(18)21/h5-12,14-15,23,29H,13H2,1-4H3,(H,32,35)(H,33,34)/b30-15-/t23-/m1/s1. The number of aromatic nitrogens is 2. The number of aryl methyl sites for hydroxylation is 1. The second-order valence-electron chi connectivity index (χ2n) is 9.56. The average Bonchev–Trinajstić information content (AvgIpc) is 3.20. The summed E-state index contributed by atoms with van der Waals surface area (Å²) in [6, 6.07) is 14.6. The van der Waals surface area contributed by atoms with E-state index in [1.54, 1.807) is 20.8 Å². The van der Waals surface area contributed by atoms with Gasteiger partial charge >= 0.3 is 6.09 Å². The summed E-state index contributed by atoms with van der Waals surface area (Å²) in [5.41, 5.74) is 6.04. The van der Waals surface area contributed by atoms with E-state index >= 15 is 0 Å². The van der Waals surface area contributed by atoms with Crippen molar-refractivity contribution in [1.29, 1.82) is 0 Å². The monoisotopic (exact) mass is 505 g/mol. The molecule has 2 amide bonds. The van der Waals surface area contributed by atoms with Gasteiger partial charge in [0.25, 0.3) is 5.91 Å². The minimum atomic E-state index is -0.926. The fourth-order valence-corrected chi connectivity index (χ4v) is 3.98. The van der Waals surface area contributed by atoms with Crippen LogP contribution < -0.4 is 10.7 Å². The van der Waals surface area contributed by atoms with Crippen molar-refractivity contribution in [1.82, 2.24) is 20.7 Å². The summed E-state index contributed by atoms with van der Waals surface area (Å²) >= 11 is 6.32. The highest BCUT2D eigenvalue weighted by Crippen LogP contribution is 2.21. The van der Waals surface area contributed by atoms with Crippen LogP contribution in [0.15, 0.2) is 59.8 Å². The maximum Gasteiger partial charge on any atom is 0.408 e. The Kier molecular flexibility index (Phi) is 7.26. The summed E-state index contributed by atoms with van der Waals surface area (Å²) in [6.45, 7) is 7.26. The molecule has 0 unspecified atom stereocenters. The van der Waals surface area contributed by atoms with E-state index in [2.05, 4.69) is 25.8 Å². The molecule has 0 spiro atoms. The molecular formula is C27H28ClN5O3. The van der Waals surface area contributed by atoms with Crippen LogP contribution in [0.4, 0.5) is 4.79 Å². The molecule has 186 valence electrons. The molecule has 2 aromatic carbocycles. The smallest absolute Gasteiger partial charge is 0.408 e. The van der Waals surface area contributed by atoms with Crippen LogP contribution in [0.1, 0.15) is 37.5 Å². The summed E-state index contributed by atoms with van der Waals surface area (Å²) in [4.78, 5) is 33.1. The summed E-state index contributed by atoms with van der Waals surface area (Å²) < 4.78 is 5.36. The molecule has 0 bridgehead atoms. The number of ether oxygens (including phenoxy) is 1. The van der Waals surface area contributed by atoms with E-state index in [0.717, 1.165) is 32.9 Å². The van der Waals surface area contributed by atoms with Crippen LogP contribution in [0.2, 0.25) is 5.15 Å². The van der Waals surface area contributed by atoms with Crippen LogP contribution in [-0.2, 0) is 16.0 Å². The first-order valence-electron chi connectivity index (χ1n) is 11.5. The highest BCUT2D eigenvalue weighted by Gasteiger charge is 2.25. The van der Waals surface area contributed by atoms with Gasteiger partial charge in [-0.15, -0.1) is 0 Å². The predicted octanol–water partition coefficient (Wildman–Crippen LogP) is 5.26.